The number of nitrogens with zero attached hydrogens (tertiary/aromatic N) is 3. The molecule has 0 aliphatic heterocycles. The average Bonchev–Trinajstić information content (AvgIpc) is 2.78. The third-order valence-corrected chi connectivity index (χ3v) is 4.65. The summed E-state index contributed by atoms with van der Waals surface area (Å²) in [6, 6.07) is 4.68. The third kappa shape index (κ3) is 3.04. The van der Waals surface area contributed by atoms with Crippen molar-refractivity contribution in [3.8, 4) is 0 Å². The first-order valence-corrected chi connectivity index (χ1v) is 7.09. The molecule has 1 atom stereocenters. The van der Waals surface area contributed by atoms with E-state index in [-0.39, 0.29) is 6.04 Å². The Morgan fingerprint density at radius 1 is 1.32 bits per heavy atom. The van der Waals surface area contributed by atoms with Crippen molar-refractivity contribution >= 4 is 15.9 Å². The molecule has 5 heteroatoms. The molecule has 2 aromatic rings. The predicted octanol–water partition coefficient (Wildman–Crippen LogP) is 2.70. The maximum atomic E-state index is 4.29. The van der Waals surface area contributed by atoms with Gasteiger partial charge in [0.2, 0.25) is 0 Å². The highest BCUT2D eigenvalue weighted by Gasteiger charge is 2.15. The molecule has 1 unspecified atom stereocenters. The van der Waals surface area contributed by atoms with Gasteiger partial charge in [-0.05, 0) is 37.6 Å². The van der Waals surface area contributed by atoms with Crippen LogP contribution in [0.15, 0.2) is 22.9 Å². The standard InChI is InChI=1S/C14H19BrN4/c1-9-5-11(6-10(2)14(9)15)12(16-3)7-13-17-8-18-19(13)4/h5-6,8,12,16H,7H2,1-4H3. The van der Waals surface area contributed by atoms with Crippen LogP contribution in [0.2, 0.25) is 0 Å². The van der Waals surface area contributed by atoms with Crippen molar-refractivity contribution in [2.75, 3.05) is 7.05 Å². The van der Waals surface area contributed by atoms with Gasteiger partial charge in [0.15, 0.2) is 0 Å². The van der Waals surface area contributed by atoms with E-state index in [0.29, 0.717) is 0 Å². The molecule has 0 amide bonds. The fourth-order valence-corrected chi connectivity index (χ4v) is 2.48. The SMILES string of the molecule is CNC(Cc1ncnn1C)c1cc(C)c(Br)c(C)c1. The number of hydrogen-bond donors (Lipinski definition) is 1. The molecule has 1 aromatic heterocycles. The van der Waals surface area contributed by atoms with Gasteiger partial charge in [-0.2, -0.15) is 5.10 Å². The summed E-state index contributed by atoms with van der Waals surface area (Å²) in [4.78, 5) is 4.29. The van der Waals surface area contributed by atoms with Gasteiger partial charge in [0.05, 0.1) is 0 Å². The average molecular weight is 323 g/mol. The molecule has 0 aliphatic rings. The molecule has 1 aromatic carbocycles. The van der Waals surface area contributed by atoms with Crippen LogP contribution < -0.4 is 5.32 Å². The van der Waals surface area contributed by atoms with Crippen LogP contribution in [-0.4, -0.2) is 21.8 Å². The van der Waals surface area contributed by atoms with E-state index in [1.807, 2.05) is 18.8 Å². The van der Waals surface area contributed by atoms with E-state index < -0.39 is 0 Å². The second kappa shape index (κ2) is 5.84. The Bertz CT molecular complexity index is 554. The lowest BCUT2D eigenvalue weighted by atomic mass is 9.99. The quantitative estimate of drug-likeness (QED) is 0.941. The molecule has 19 heavy (non-hydrogen) atoms. The summed E-state index contributed by atoms with van der Waals surface area (Å²) in [5.41, 5.74) is 3.80. The van der Waals surface area contributed by atoms with Gasteiger partial charge in [-0.15, -0.1) is 0 Å². The third-order valence-electron chi connectivity index (χ3n) is 3.40. The monoisotopic (exact) mass is 322 g/mol. The van der Waals surface area contributed by atoms with Crippen molar-refractivity contribution in [3.63, 3.8) is 0 Å². The first-order valence-electron chi connectivity index (χ1n) is 6.29. The number of rotatable bonds is 4. The van der Waals surface area contributed by atoms with Gasteiger partial charge in [0.1, 0.15) is 12.2 Å². The Morgan fingerprint density at radius 2 is 1.95 bits per heavy atom. The molecule has 0 fully saturated rings. The van der Waals surface area contributed by atoms with Crippen LogP contribution >= 0.6 is 15.9 Å². The number of aromatic nitrogens is 3. The van der Waals surface area contributed by atoms with E-state index in [4.69, 9.17) is 0 Å². The highest BCUT2D eigenvalue weighted by Crippen LogP contribution is 2.26. The van der Waals surface area contributed by atoms with Gasteiger partial charge >= 0.3 is 0 Å². The number of nitrogens with one attached hydrogen (secondary N) is 1. The molecule has 0 bridgehead atoms. The zero-order chi connectivity index (χ0) is 14.0. The molecule has 0 saturated carbocycles. The first-order chi connectivity index (χ1) is 9.02. The van der Waals surface area contributed by atoms with E-state index in [0.717, 1.165) is 12.2 Å². The minimum Gasteiger partial charge on any atom is -0.313 e. The van der Waals surface area contributed by atoms with Crippen LogP contribution in [0.4, 0.5) is 0 Å². The van der Waals surface area contributed by atoms with Crippen LogP contribution in [0.3, 0.4) is 0 Å². The van der Waals surface area contributed by atoms with E-state index in [9.17, 15) is 0 Å². The molecule has 0 saturated heterocycles. The number of likely N-dealkylation sites (N-methyl/N-ethyl adjacent to an activating group) is 1. The Morgan fingerprint density at radius 3 is 2.42 bits per heavy atom. The number of aryl methyl sites for hydroxylation is 3. The van der Waals surface area contributed by atoms with Crippen LogP contribution in [0.25, 0.3) is 0 Å². The highest BCUT2D eigenvalue weighted by molar-refractivity contribution is 9.10. The fraction of sp³-hybridized carbons (Fsp3) is 0.429. The van der Waals surface area contributed by atoms with Crippen molar-refractivity contribution < 1.29 is 0 Å². The number of halogens is 1. The Hall–Kier alpha value is -1.20. The summed E-state index contributed by atoms with van der Waals surface area (Å²) in [5, 5.41) is 7.48. The lowest BCUT2D eigenvalue weighted by Gasteiger charge is -2.18. The summed E-state index contributed by atoms with van der Waals surface area (Å²) in [7, 11) is 3.90. The summed E-state index contributed by atoms with van der Waals surface area (Å²) in [5.74, 6) is 0.984. The highest BCUT2D eigenvalue weighted by atomic mass is 79.9. The normalized spacial score (nSPS) is 12.7. The van der Waals surface area contributed by atoms with Gasteiger partial charge in [-0.1, -0.05) is 28.1 Å². The largest absolute Gasteiger partial charge is 0.313 e. The molecule has 1 N–H and O–H groups in total. The predicted molar refractivity (Wildman–Crippen MR) is 80.1 cm³/mol. The zero-order valence-corrected chi connectivity index (χ0v) is 13.3. The van der Waals surface area contributed by atoms with Crippen LogP contribution in [0.1, 0.15) is 28.6 Å². The molecular formula is C14H19BrN4. The van der Waals surface area contributed by atoms with Crippen LogP contribution in [0, 0.1) is 13.8 Å². The van der Waals surface area contributed by atoms with E-state index in [1.165, 1.54) is 21.2 Å². The lowest BCUT2D eigenvalue weighted by Crippen LogP contribution is -2.21. The van der Waals surface area contributed by atoms with Gasteiger partial charge in [0.25, 0.3) is 0 Å². The zero-order valence-electron chi connectivity index (χ0n) is 11.7. The van der Waals surface area contributed by atoms with E-state index in [1.54, 1.807) is 6.33 Å². The smallest absolute Gasteiger partial charge is 0.138 e. The second-order valence-electron chi connectivity index (χ2n) is 4.81. The Kier molecular flexibility index (Phi) is 4.37. The molecule has 2 rings (SSSR count). The summed E-state index contributed by atoms with van der Waals surface area (Å²) < 4.78 is 3.01. The molecule has 0 radical (unpaired) electrons. The van der Waals surface area contributed by atoms with Gasteiger partial charge in [-0.3, -0.25) is 4.68 Å². The molecule has 1 heterocycles. The van der Waals surface area contributed by atoms with Crippen molar-refractivity contribution in [1.29, 1.82) is 0 Å². The number of hydrogen-bond acceptors (Lipinski definition) is 3. The van der Waals surface area contributed by atoms with Crippen LogP contribution in [0.5, 0.6) is 0 Å². The summed E-state index contributed by atoms with van der Waals surface area (Å²) in [6.07, 6.45) is 2.42. The Labute approximate surface area is 122 Å². The van der Waals surface area contributed by atoms with Gasteiger partial charge < -0.3 is 5.32 Å². The van der Waals surface area contributed by atoms with Crippen LogP contribution in [-0.2, 0) is 13.5 Å². The number of benzene rings is 1. The summed E-state index contributed by atoms with van der Waals surface area (Å²) >= 11 is 3.61. The Balaban J connectivity index is 2.30. The molecular weight excluding hydrogens is 304 g/mol. The van der Waals surface area contributed by atoms with E-state index >= 15 is 0 Å². The fourth-order valence-electron chi connectivity index (χ4n) is 2.25. The summed E-state index contributed by atoms with van der Waals surface area (Å²) in [6.45, 7) is 4.24. The van der Waals surface area contributed by atoms with E-state index in [2.05, 4.69) is 57.3 Å². The maximum absolute atomic E-state index is 4.29. The van der Waals surface area contributed by atoms with Crippen molar-refractivity contribution in [2.24, 2.45) is 7.05 Å². The minimum atomic E-state index is 0.244. The first kappa shape index (κ1) is 14.2. The topological polar surface area (TPSA) is 42.7 Å². The molecule has 0 spiro atoms. The minimum absolute atomic E-state index is 0.244. The molecule has 102 valence electrons. The molecule has 0 aliphatic carbocycles. The van der Waals surface area contributed by atoms with Gasteiger partial charge in [0, 0.05) is 24.0 Å². The lowest BCUT2D eigenvalue weighted by molar-refractivity contribution is 0.552. The van der Waals surface area contributed by atoms with Gasteiger partial charge in [-0.25, -0.2) is 4.98 Å². The second-order valence-corrected chi connectivity index (χ2v) is 5.61. The van der Waals surface area contributed by atoms with Crippen molar-refractivity contribution in [2.45, 2.75) is 26.3 Å². The van der Waals surface area contributed by atoms with Crippen molar-refractivity contribution in [3.05, 3.63) is 45.4 Å². The maximum Gasteiger partial charge on any atom is 0.138 e. The molecule has 4 nitrogen and oxygen atoms in total. The van der Waals surface area contributed by atoms with Crippen molar-refractivity contribution in [1.82, 2.24) is 20.1 Å².